The van der Waals surface area contributed by atoms with Crippen LogP contribution >= 0.6 is 11.3 Å². The number of nitrogens with one attached hydrogen (secondary N) is 1. The zero-order valence-electron chi connectivity index (χ0n) is 15.4. The molecular formula is C18H24N2O4S2. The standard InChI is InChI=1S/C18H24N2O4S2/c1-13-5-6-15(26(22,23)19-8-9-24-4)11-16(13)18(21)20(3)12-17-14(2)7-10-25-17/h5-7,10-11,19H,8-9,12H2,1-4H3. The van der Waals surface area contributed by atoms with Crippen molar-refractivity contribution in [3.05, 3.63) is 51.2 Å². The molecule has 8 heteroatoms. The van der Waals surface area contributed by atoms with Crippen molar-refractivity contribution >= 4 is 27.3 Å². The van der Waals surface area contributed by atoms with Gasteiger partial charge >= 0.3 is 0 Å². The first-order valence-corrected chi connectivity index (χ1v) is 10.5. The van der Waals surface area contributed by atoms with E-state index in [0.717, 1.165) is 16.0 Å². The minimum Gasteiger partial charge on any atom is -0.383 e. The van der Waals surface area contributed by atoms with Crippen LogP contribution in [-0.4, -0.2) is 46.5 Å². The minimum atomic E-state index is -3.69. The van der Waals surface area contributed by atoms with Gasteiger partial charge in [0.15, 0.2) is 0 Å². The third-order valence-electron chi connectivity index (χ3n) is 4.04. The second-order valence-corrected chi connectivity index (χ2v) is 8.82. The molecule has 1 N–H and O–H groups in total. The fraction of sp³-hybridized carbons (Fsp3) is 0.389. The first-order chi connectivity index (χ1) is 12.3. The first kappa shape index (κ1) is 20.6. The number of carbonyl (C=O) groups excluding carboxylic acids is 1. The van der Waals surface area contributed by atoms with Gasteiger partial charge in [0, 0.05) is 31.1 Å². The number of thiophene rings is 1. The van der Waals surface area contributed by atoms with Crippen molar-refractivity contribution in [2.75, 3.05) is 27.3 Å². The van der Waals surface area contributed by atoms with Crippen molar-refractivity contribution in [2.24, 2.45) is 0 Å². The number of amides is 1. The predicted octanol–water partition coefficient (Wildman–Crippen LogP) is 2.56. The SMILES string of the molecule is COCCNS(=O)(=O)c1ccc(C)c(C(=O)N(C)Cc2sccc2C)c1. The molecule has 0 aliphatic carbocycles. The molecule has 0 unspecified atom stereocenters. The van der Waals surface area contributed by atoms with Gasteiger partial charge in [0.2, 0.25) is 10.0 Å². The third kappa shape index (κ3) is 4.91. The van der Waals surface area contributed by atoms with Crippen molar-refractivity contribution in [2.45, 2.75) is 25.3 Å². The van der Waals surface area contributed by atoms with Gasteiger partial charge in [-0.05, 0) is 48.6 Å². The van der Waals surface area contributed by atoms with Crippen LogP contribution < -0.4 is 4.72 Å². The molecule has 0 aliphatic heterocycles. The lowest BCUT2D eigenvalue weighted by molar-refractivity contribution is 0.0785. The average molecular weight is 397 g/mol. The smallest absolute Gasteiger partial charge is 0.254 e. The molecule has 2 aromatic rings. The number of methoxy groups -OCH3 is 1. The molecule has 142 valence electrons. The van der Waals surface area contributed by atoms with E-state index in [4.69, 9.17) is 4.74 Å². The average Bonchev–Trinajstić information content (AvgIpc) is 2.99. The zero-order chi connectivity index (χ0) is 19.3. The lowest BCUT2D eigenvalue weighted by Crippen LogP contribution is -2.29. The third-order valence-corrected chi connectivity index (χ3v) is 6.51. The lowest BCUT2D eigenvalue weighted by atomic mass is 10.1. The predicted molar refractivity (Wildman–Crippen MR) is 103 cm³/mol. The van der Waals surface area contributed by atoms with E-state index in [9.17, 15) is 13.2 Å². The monoisotopic (exact) mass is 396 g/mol. The Bertz CT molecular complexity index is 875. The highest BCUT2D eigenvalue weighted by molar-refractivity contribution is 7.89. The Morgan fingerprint density at radius 3 is 2.58 bits per heavy atom. The second-order valence-electron chi connectivity index (χ2n) is 6.06. The van der Waals surface area contributed by atoms with Gasteiger partial charge < -0.3 is 9.64 Å². The maximum Gasteiger partial charge on any atom is 0.254 e. The quantitative estimate of drug-likeness (QED) is 0.696. The molecule has 0 bridgehead atoms. The Hall–Kier alpha value is -1.74. The van der Waals surface area contributed by atoms with Crippen LogP contribution in [0.2, 0.25) is 0 Å². The van der Waals surface area contributed by atoms with E-state index in [1.54, 1.807) is 36.3 Å². The van der Waals surface area contributed by atoms with Crippen LogP contribution in [-0.2, 0) is 21.3 Å². The fourth-order valence-corrected chi connectivity index (χ4v) is 4.42. The van der Waals surface area contributed by atoms with E-state index in [1.165, 1.54) is 19.2 Å². The fourth-order valence-electron chi connectivity index (χ4n) is 2.42. The number of hydrogen-bond acceptors (Lipinski definition) is 5. The number of carbonyl (C=O) groups is 1. The van der Waals surface area contributed by atoms with Gasteiger partial charge in [-0.25, -0.2) is 13.1 Å². The van der Waals surface area contributed by atoms with Gasteiger partial charge in [0.1, 0.15) is 0 Å². The van der Waals surface area contributed by atoms with Gasteiger partial charge in [-0.1, -0.05) is 6.07 Å². The molecule has 0 aliphatic rings. The summed E-state index contributed by atoms with van der Waals surface area (Å²) >= 11 is 1.60. The second kappa shape index (κ2) is 8.77. The first-order valence-electron chi connectivity index (χ1n) is 8.14. The van der Waals surface area contributed by atoms with Gasteiger partial charge in [0.05, 0.1) is 18.0 Å². The number of ether oxygens (including phenoxy) is 1. The van der Waals surface area contributed by atoms with E-state index < -0.39 is 10.0 Å². The van der Waals surface area contributed by atoms with Gasteiger partial charge in [-0.2, -0.15) is 0 Å². The maximum absolute atomic E-state index is 12.8. The van der Waals surface area contributed by atoms with Crippen molar-refractivity contribution in [3.8, 4) is 0 Å². The number of nitrogens with zero attached hydrogens (tertiary/aromatic N) is 1. The lowest BCUT2D eigenvalue weighted by Gasteiger charge is -2.19. The number of benzene rings is 1. The normalized spacial score (nSPS) is 11.5. The van der Waals surface area contributed by atoms with Crippen LogP contribution in [0.15, 0.2) is 34.5 Å². The summed E-state index contributed by atoms with van der Waals surface area (Å²) in [5.41, 5.74) is 2.27. The Morgan fingerprint density at radius 2 is 1.96 bits per heavy atom. The topological polar surface area (TPSA) is 75.7 Å². The molecule has 26 heavy (non-hydrogen) atoms. The largest absolute Gasteiger partial charge is 0.383 e. The number of rotatable bonds is 8. The van der Waals surface area contributed by atoms with Crippen LogP contribution in [0.4, 0.5) is 0 Å². The summed E-state index contributed by atoms with van der Waals surface area (Å²) in [6.07, 6.45) is 0. The van der Waals surface area contributed by atoms with Crippen molar-refractivity contribution in [1.82, 2.24) is 9.62 Å². The van der Waals surface area contributed by atoms with Crippen molar-refractivity contribution in [3.63, 3.8) is 0 Å². The van der Waals surface area contributed by atoms with E-state index in [0.29, 0.717) is 12.1 Å². The van der Waals surface area contributed by atoms with Gasteiger partial charge in [-0.3, -0.25) is 4.79 Å². The summed E-state index contributed by atoms with van der Waals surface area (Å²) in [6.45, 7) is 4.75. The molecule has 0 radical (unpaired) electrons. The van der Waals surface area contributed by atoms with Gasteiger partial charge in [0.25, 0.3) is 5.91 Å². The van der Waals surface area contributed by atoms with Crippen molar-refractivity contribution in [1.29, 1.82) is 0 Å². The molecule has 6 nitrogen and oxygen atoms in total. The molecule has 0 fully saturated rings. The molecule has 1 aromatic heterocycles. The summed E-state index contributed by atoms with van der Waals surface area (Å²) in [5.74, 6) is -0.204. The summed E-state index contributed by atoms with van der Waals surface area (Å²) in [5, 5.41) is 1.99. The summed E-state index contributed by atoms with van der Waals surface area (Å²) in [7, 11) is -0.463. The number of aryl methyl sites for hydroxylation is 2. The van der Waals surface area contributed by atoms with Crippen LogP contribution in [0.3, 0.4) is 0 Å². The molecule has 0 saturated carbocycles. The number of hydrogen-bond donors (Lipinski definition) is 1. The van der Waals surface area contributed by atoms with E-state index in [-0.39, 0.29) is 24.0 Å². The number of sulfonamides is 1. The minimum absolute atomic E-state index is 0.0725. The molecule has 1 heterocycles. The van der Waals surface area contributed by atoms with Crippen LogP contribution in [0.5, 0.6) is 0 Å². The maximum atomic E-state index is 12.8. The van der Waals surface area contributed by atoms with Crippen LogP contribution in [0, 0.1) is 13.8 Å². The van der Waals surface area contributed by atoms with Crippen LogP contribution in [0.25, 0.3) is 0 Å². The van der Waals surface area contributed by atoms with E-state index in [2.05, 4.69) is 4.72 Å². The highest BCUT2D eigenvalue weighted by Gasteiger charge is 2.20. The van der Waals surface area contributed by atoms with E-state index in [1.807, 2.05) is 18.4 Å². The Labute approximate surface area is 158 Å². The van der Waals surface area contributed by atoms with Crippen LogP contribution in [0.1, 0.15) is 26.4 Å². The summed E-state index contributed by atoms with van der Waals surface area (Å²) in [6, 6.07) is 6.61. The molecule has 1 amide bonds. The Kier molecular flexibility index (Phi) is 6.94. The molecule has 0 saturated heterocycles. The van der Waals surface area contributed by atoms with E-state index >= 15 is 0 Å². The molecular weight excluding hydrogens is 372 g/mol. The Balaban J connectivity index is 2.23. The zero-order valence-corrected chi connectivity index (χ0v) is 17.0. The Morgan fingerprint density at radius 1 is 1.23 bits per heavy atom. The molecule has 2 rings (SSSR count). The molecule has 1 aromatic carbocycles. The summed E-state index contributed by atoms with van der Waals surface area (Å²) < 4.78 is 32.1. The molecule has 0 spiro atoms. The molecule has 0 atom stereocenters. The van der Waals surface area contributed by atoms with Crippen molar-refractivity contribution < 1.29 is 17.9 Å². The van der Waals surface area contributed by atoms with Gasteiger partial charge in [-0.15, -0.1) is 11.3 Å². The highest BCUT2D eigenvalue weighted by Crippen LogP contribution is 2.21. The highest BCUT2D eigenvalue weighted by atomic mass is 32.2. The summed E-state index contributed by atoms with van der Waals surface area (Å²) in [4.78, 5) is 15.6.